The second-order valence-electron chi connectivity index (χ2n) is 5.90. The number of phenols is 1. The van der Waals surface area contributed by atoms with Crippen LogP contribution in [0.5, 0.6) is 11.5 Å². The molecule has 1 aliphatic rings. The van der Waals surface area contributed by atoms with Gasteiger partial charge in [0.05, 0.1) is 24.8 Å². The number of halogens is 3. The van der Waals surface area contributed by atoms with Crippen molar-refractivity contribution in [2.75, 3.05) is 7.11 Å². The summed E-state index contributed by atoms with van der Waals surface area (Å²) < 4.78 is 45.8. The molecule has 2 aromatic rings. The number of hydrazone groups is 1. The molecule has 1 aliphatic heterocycles. The largest absolute Gasteiger partial charge is 0.507 e. The van der Waals surface area contributed by atoms with Crippen LogP contribution in [0.3, 0.4) is 0 Å². The zero-order chi connectivity index (χ0) is 19.8. The van der Waals surface area contributed by atoms with Crippen molar-refractivity contribution >= 4 is 11.6 Å². The minimum atomic E-state index is -5.17. The fraction of sp³-hybridized carbons (Fsp3) is 0.222. The summed E-state index contributed by atoms with van der Waals surface area (Å²) in [7, 11) is 1.40. The third-order valence-corrected chi connectivity index (χ3v) is 4.17. The van der Waals surface area contributed by atoms with Crippen LogP contribution in [0.25, 0.3) is 0 Å². The van der Waals surface area contributed by atoms with Crippen molar-refractivity contribution in [2.45, 2.75) is 18.3 Å². The minimum Gasteiger partial charge on any atom is -0.507 e. The third kappa shape index (κ3) is 3.21. The van der Waals surface area contributed by atoms with Gasteiger partial charge in [0.1, 0.15) is 11.5 Å². The standard InChI is InChI=1S/C18H15F3N2O4/c1-27-12-6-4-5-11(9-12)14-10-17(26,18(19,20)21)23(22-14)16(25)13-7-2-3-8-15(13)24/h2-9,24,26H,10H2,1H3/t17-/m1/s1. The predicted molar refractivity (Wildman–Crippen MR) is 89.4 cm³/mol. The number of aromatic hydroxyl groups is 1. The molecule has 0 unspecified atom stereocenters. The molecule has 0 radical (unpaired) electrons. The number of hydrogen-bond donors (Lipinski definition) is 2. The lowest BCUT2D eigenvalue weighted by Crippen LogP contribution is -2.56. The zero-order valence-electron chi connectivity index (χ0n) is 14.1. The number of methoxy groups -OCH3 is 1. The second-order valence-corrected chi connectivity index (χ2v) is 5.90. The molecule has 0 aliphatic carbocycles. The second kappa shape index (κ2) is 6.58. The molecule has 27 heavy (non-hydrogen) atoms. The summed E-state index contributed by atoms with van der Waals surface area (Å²) in [6, 6.07) is 11.2. The first-order chi connectivity index (χ1) is 12.7. The maximum absolute atomic E-state index is 13.6. The number of phenolic OH excluding ortho intramolecular Hbond substituents is 1. The van der Waals surface area contributed by atoms with Crippen LogP contribution >= 0.6 is 0 Å². The van der Waals surface area contributed by atoms with E-state index in [4.69, 9.17) is 4.74 Å². The number of para-hydroxylation sites is 1. The van der Waals surface area contributed by atoms with E-state index in [1.54, 1.807) is 12.1 Å². The molecule has 6 nitrogen and oxygen atoms in total. The van der Waals surface area contributed by atoms with E-state index in [0.29, 0.717) is 5.75 Å². The maximum Gasteiger partial charge on any atom is 0.438 e. The molecule has 0 saturated carbocycles. The Morgan fingerprint density at radius 2 is 1.93 bits per heavy atom. The highest BCUT2D eigenvalue weighted by molar-refractivity contribution is 6.06. The molecule has 9 heteroatoms. The van der Waals surface area contributed by atoms with Crippen molar-refractivity contribution in [3.63, 3.8) is 0 Å². The Kier molecular flexibility index (Phi) is 4.56. The molecule has 0 saturated heterocycles. The molecule has 1 atom stereocenters. The average molecular weight is 380 g/mol. The molecule has 3 rings (SSSR count). The molecule has 0 bridgehead atoms. The maximum atomic E-state index is 13.6. The number of amides is 1. The summed E-state index contributed by atoms with van der Waals surface area (Å²) in [5, 5.41) is 23.8. The smallest absolute Gasteiger partial charge is 0.438 e. The van der Waals surface area contributed by atoms with Crippen molar-refractivity contribution in [3.05, 3.63) is 59.7 Å². The third-order valence-electron chi connectivity index (χ3n) is 4.17. The number of nitrogens with zero attached hydrogens (tertiary/aromatic N) is 2. The Balaban J connectivity index is 2.08. The van der Waals surface area contributed by atoms with Gasteiger partial charge in [0, 0.05) is 5.56 Å². The van der Waals surface area contributed by atoms with E-state index in [2.05, 4.69) is 5.10 Å². The van der Waals surface area contributed by atoms with Crippen LogP contribution < -0.4 is 4.74 Å². The number of hydrogen-bond acceptors (Lipinski definition) is 5. The molecule has 0 spiro atoms. The summed E-state index contributed by atoms with van der Waals surface area (Å²) in [6.45, 7) is 0. The number of alkyl halides is 3. The van der Waals surface area contributed by atoms with Crippen LogP contribution in [0.4, 0.5) is 13.2 Å². The highest BCUT2D eigenvalue weighted by Crippen LogP contribution is 2.42. The van der Waals surface area contributed by atoms with E-state index in [1.807, 2.05) is 0 Å². The average Bonchev–Trinajstić information content (AvgIpc) is 3.00. The fourth-order valence-electron chi connectivity index (χ4n) is 2.71. The van der Waals surface area contributed by atoms with Gasteiger partial charge in [-0.05, 0) is 24.3 Å². The van der Waals surface area contributed by atoms with E-state index in [1.165, 1.54) is 31.4 Å². The van der Waals surface area contributed by atoms with E-state index in [9.17, 15) is 28.2 Å². The van der Waals surface area contributed by atoms with Gasteiger partial charge in [-0.15, -0.1) is 0 Å². The monoisotopic (exact) mass is 380 g/mol. The van der Waals surface area contributed by atoms with E-state index < -0.39 is 35.5 Å². The molecule has 2 aromatic carbocycles. The SMILES string of the molecule is COc1cccc(C2=NN(C(=O)c3ccccc3O)[C@](O)(C(F)(F)F)C2)c1. The van der Waals surface area contributed by atoms with E-state index >= 15 is 0 Å². The molecule has 1 amide bonds. The van der Waals surface area contributed by atoms with Crippen LogP contribution in [0.2, 0.25) is 0 Å². The van der Waals surface area contributed by atoms with Crippen LogP contribution in [0.15, 0.2) is 53.6 Å². The van der Waals surface area contributed by atoms with Gasteiger partial charge in [0.2, 0.25) is 0 Å². The molecule has 142 valence electrons. The van der Waals surface area contributed by atoms with Crippen molar-refractivity contribution in [2.24, 2.45) is 5.10 Å². The Morgan fingerprint density at radius 3 is 2.56 bits per heavy atom. The van der Waals surface area contributed by atoms with Crippen LogP contribution in [-0.4, -0.2) is 45.9 Å². The Morgan fingerprint density at radius 1 is 1.22 bits per heavy atom. The lowest BCUT2D eigenvalue weighted by Gasteiger charge is -2.32. The summed E-state index contributed by atoms with van der Waals surface area (Å²) in [6.07, 6.45) is -6.12. The van der Waals surface area contributed by atoms with E-state index in [-0.39, 0.29) is 16.3 Å². The summed E-state index contributed by atoms with van der Waals surface area (Å²) in [5.41, 5.74) is -3.82. The first kappa shape index (κ1) is 18.7. The van der Waals surface area contributed by atoms with Crippen molar-refractivity contribution < 1.29 is 32.9 Å². The number of ether oxygens (including phenoxy) is 1. The van der Waals surface area contributed by atoms with Gasteiger partial charge >= 0.3 is 6.18 Å². The zero-order valence-corrected chi connectivity index (χ0v) is 14.1. The summed E-state index contributed by atoms with van der Waals surface area (Å²) in [5.74, 6) is -1.40. The predicted octanol–water partition coefficient (Wildman–Crippen LogP) is 2.90. The van der Waals surface area contributed by atoms with Crippen molar-refractivity contribution in [1.29, 1.82) is 0 Å². The Hall–Kier alpha value is -3.07. The molecular weight excluding hydrogens is 365 g/mol. The number of carbonyl (C=O) groups excluding carboxylic acids is 1. The first-order valence-corrected chi connectivity index (χ1v) is 7.81. The van der Waals surface area contributed by atoms with E-state index in [0.717, 1.165) is 12.1 Å². The lowest BCUT2D eigenvalue weighted by molar-refractivity contribution is -0.297. The quantitative estimate of drug-likeness (QED) is 0.858. The van der Waals surface area contributed by atoms with Crippen LogP contribution in [0, 0.1) is 0 Å². The first-order valence-electron chi connectivity index (χ1n) is 7.81. The van der Waals surface area contributed by atoms with Gasteiger partial charge in [0.15, 0.2) is 0 Å². The fourth-order valence-corrected chi connectivity index (χ4v) is 2.71. The van der Waals surface area contributed by atoms with Crippen LogP contribution in [0.1, 0.15) is 22.3 Å². The molecular formula is C18H15F3N2O4. The highest BCUT2D eigenvalue weighted by atomic mass is 19.4. The topological polar surface area (TPSA) is 82.4 Å². The number of rotatable bonds is 3. The molecule has 0 fully saturated rings. The van der Waals surface area contributed by atoms with Crippen LogP contribution in [-0.2, 0) is 0 Å². The molecule has 0 aromatic heterocycles. The van der Waals surface area contributed by atoms with Gasteiger partial charge in [0.25, 0.3) is 11.6 Å². The highest BCUT2D eigenvalue weighted by Gasteiger charge is 2.63. The van der Waals surface area contributed by atoms with Gasteiger partial charge in [-0.1, -0.05) is 24.3 Å². The van der Waals surface area contributed by atoms with Crippen molar-refractivity contribution in [1.82, 2.24) is 5.01 Å². The number of aliphatic hydroxyl groups is 1. The number of carbonyl (C=O) groups is 1. The van der Waals surface area contributed by atoms with Gasteiger partial charge in [-0.25, -0.2) is 0 Å². The summed E-state index contributed by atoms with van der Waals surface area (Å²) in [4.78, 5) is 12.6. The van der Waals surface area contributed by atoms with Crippen molar-refractivity contribution in [3.8, 4) is 11.5 Å². The Labute approximate surface area is 152 Å². The normalized spacial score (nSPS) is 19.7. The van der Waals surface area contributed by atoms with Gasteiger partial charge in [-0.3, -0.25) is 4.79 Å². The molecule has 2 N–H and O–H groups in total. The summed E-state index contributed by atoms with van der Waals surface area (Å²) >= 11 is 0. The van der Waals surface area contributed by atoms with Gasteiger partial charge in [-0.2, -0.15) is 23.3 Å². The molecule has 1 heterocycles. The lowest BCUT2D eigenvalue weighted by atomic mass is 10.00. The Bertz CT molecular complexity index is 913. The number of benzene rings is 2. The van der Waals surface area contributed by atoms with Gasteiger partial charge < -0.3 is 14.9 Å². The minimum absolute atomic E-state index is 0.0309.